The number of nitrogens with one attached hydrogen (secondary N) is 3. The summed E-state index contributed by atoms with van der Waals surface area (Å²) in [6.45, 7) is 0.614. The number of H-pyrrole nitrogens is 2. The topological polar surface area (TPSA) is 121 Å². The number of aromatic nitrogens is 2. The highest BCUT2D eigenvalue weighted by atomic mass is 16.2. The molecule has 112 valence electrons. The van der Waals surface area contributed by atoms with Crippen LogP contribution in [-0.2, 0) is 4.79 Å². The summed E-state index contributed by atoms with van der Waals surface area (Å²) in [5.74, 6) is -0.181. The van der Waals surface area contributed by atoms with Crippen molar-refractivity contribution in [2.45, 2.75) is 25.7 Å². The normalized spacial score (nSPS) is 10.7. The quantitative estimate of drug-likeness (QED) is 0.584. The van der Waals surface area contributed by atoms with Crippen LogP contribution in [0.25, 0.3) is 10.8 Å². The van der Waals surface area contributed by atoms with Crippen molar-refractivity contribution in [1.82, 2.24) is 10.2 Å². The first-order valence-electron chi connectivity index (χ1n) is 6.87. The zero-order chi connectivity index (χ0) is 15.2. The van der Waals surface area contributed by atoms with Crippen LogP contribution in [0.4, 0.5) is 5.69 Å². The van der Waals surface area contributed by atoms with Crippen molar-refractivity contribution >= 4 is 22.4 Å². The Morgan fingerprint density at radius 1 is 1.10 bits per heavy atom. The minimum atomic E-state index is -0.441. The molecule has 0 aliphatic heterocycles. The molecule has 1 amide bonds. The van der Waals surface area contributed by atoms with E-state index in [0.29, 0.717) is 18.7 Å². The summed E-state index contributed by atoms with van der Waals surface area (Å²) >= 11 is 0. The Kier molecular flexibility index (Phi) is 4.89. The average Bonchev–Trinajstić information content (AvgIpc) is 2.48. The van der Waals surface area contributed by atoms with Gasteiger partial charge in [0, 0.05) is 6.42 Å². The molecule has 2 aromatic rings. The van der Waals surface area contributed by atoms with Gasteiger partial charge in [-0.2, -0.15) is 0 Å². The Hall–Kier alpha value is -2.41. The zero-order valence-corrected chi connectivity index (χ0v) is 11.6. The minimum Gasteiger partial charge on any atom is -0.330 e. The first-order valence-corrected chi connectivity index (χ1v) is 6.87. The van der Waals surface area contributed by atoms with Gasteiger partial charge in [0.05, 0.1) is 16.5 Å². The summed E-state index contributed by atoms with van der Waals surface area (Å²) < 4.78 is 0. The second kappa shape index (κ2) is 6.85. The van der Waals surface area contributed by atoms with Crippen LogP contribution in [0.3, 0.4) is 0 Å². The SMILES string of the molecule is NCCCCCC(=O)Nc1cccc2c(=O)[nH][nH]c(=O)c12. The monoisotopic (exact) mass is 290 g/mol. The van der Waals surface area contributed by atoms with Gasteiger partial charge in [0.1, 0.15) is 0 Å². The highest BCUT2D eigenvalue weighted by molar-refractivity contribution is 6.01. The molecular formula is C14H18N4O3. The first kappa shape index (κ1) is 15.0. The Labute approximate surface area is 120 Å². The smallest absolute Gasteiger partial charge is 0.272 e. The first-order chi connectivity index (χ1) is 10.1. The van der Waals surface area contributed by atoms with Gasteiger partial charge in [0.15, 0.2) is 0 Å². The molecule has 0 spiro atoms. The number of amides is 1. The van der Waals surface area contributed by atoms with Crippen molar-refractivity contribution in [2.75, 3.05) is 11.9 Å². The van der Waals surface area contributed by atoms with Gasteiger partial charge in [-0.05, 0) is 31.5 Å². The molecule has 0 bridgehead atoms. The number of anilines is 1. The summed E-state index contributed by atoms with van der Waals surface area (Å²) in [4.78, 5) is 35.4. The van der Waals surface area contributed by atoms with Crippen molar-refractivity contribution in [1.29, 1.82) is 0 Å². The van der Waals surface area contributed by atoms with Gasteiger partial charge in [0.25, 0.3) is 11.1 Å². The van der Waals surface area contributed by atoms with E-state index in [9.17, 15) is 14.4 Å². The molecule has 0 atom stereocenters. The third kappa shape index (κ3) is 3.57. The van der Waals surface area contributed by atoms with Crippen LogP contribution in [0.1, 0.15) is 25.7 Å². The van der Waals surface area contributed by atoms with Crippen molar-refractivity contribution in [3.63, 3.8) is 0 Å². The van der Waals surface area contributed by atoms with Crippen molar-refractivity contribution in [3.05, 3.63) is 38.9 Å². The second-order valence-corrected chi connectivity index (χ2v) is 4.78. The Bertz CT molecular complexity index is 748. The van der Waals surface area contributed by atoms with Gasteiger partial charge < -0.3 is 11.1 Å². The number of hydrogen-bond acceptors (Lipinski definition) is 4. The highest BCUT2D eigenvalue weighted by Gasteiger charge is 2.10. The molecular weight excluding hydrogens is 272 g/mol. The van der Waals surface area contributed by atoms with Crippen molar-refractivity contribution in [3.8, 4) is 0 Å². The molecule has 1 heterocycles. The number of carbonyl (C=O) groups excluding carboxylic acids is 1. The van der Waals surface area contributed by atoms with Gasteiger partial charge in [-0.3, -0.25) is 24.6 Å². The molecule has 0 aliphatic rings. The number of rotatable bonds is 6. The fraction of sp³-hybridized carbons (Fsp3) is 0.357. The molecule has 0 saturated heterocycles. The summed E-state index contributed by atoms with van der Waals surface area (Å²) in [6, 6.07) is 4.77. The van der Waals surface area contributed by atoms with E-state index in [0.717, 1.165) is 19.3 Å². The molecule has 7 nitrogen and oxygen atoms in total. The van der Waals surface area contributed by atoms with E-state index < -0.39 is 11.1 Å². The van der Waals surface area contributed by atoms with Crippen molar-refractivity contribution < 1.29 is 4.79 Å². The van der Waals surface area contributed by atoms with Crippen LogP contribution in [0.2, 0.25) is 0 Å². The van der Waals surface area contributed by atoms with Gasteiger partial charge in [-0.15, -0.1) is 0 Å². The number of aromatic amines is 2. The highest BCUT2D eigenvalue weighted by Crippen LogP contribution is 2.17. The predicted molar refractivity (Wildman–Crippen MR) is 81.3 cm³/mol. The Balaban J connectivity index is 2.19. The fourth-order valence-corrected chi connectivity index (χ4v) is 2.15. The molecule has 1 aromatic heterocycles. The van der Waals surface area contributed by atoms with Gasteiger partial charge >= 0.3 is 0 Å². The maximum atomic E-state index is 11.9. The fourth-order valence-electron chi connectivity index (χ4n) is 2.15. The van der Waals surface area contributed by atoms with E-state index in [2.05, 4.69) is 15.5 Å². The van der Waals surface area contributed by atoms with Crippen LogP contribution < -0.4 is 22.2 Å². The lowest BCUT2D eigenvalue weighted by Gasteiger charge is -2.07. The van der Waals surface area contributed by atoms with Crippen LogP contribution >= 0.6 is 0 Å². The molecule has 2 rings (SSSR count). The molecule has 0 radical (unpaired) electrons. The Morgan fingerprint density at radius 3 is 2.62 bits per heavy atom. The van der Waals surface area contributed by atoms with E-state index in [4.69, 9.17) is 5.73 Å². The molecule has 7 heteroatoms. The zero-order valence-electron chi connectivity index (χ0n) is 11.6. The lowest BCUT2D eigenvalue weighted by Crippen LogP contribution is -2.21. The summed E-state index contributed by atoms with van der Waals surface area (Å²) in [6.07, 6.45) is 2.87. The van der Waals surface area contributed by atoms with Crippen LogP contribution in [0.5, 0.6) is 0 Å². The molecule has 1 aromatic carbocycles. The number of unbranched alkanes of at least 4 members (excludes halogenated alkanes) is 2. The summed E-state index contributed by atoms with van der Waals surface area (Å²) in [5, 5.41) is 7.64. The number of benzene rings is 1. The molecule has 0 aliphatic carbocycles. The maximum Gasteiger partial charge on any atom is 0.272 e. The van der Waals surface area contributed by atoms with E-state index in [1.165, 1.54) is 0 Å². The van der Waals surface area contributed by atoms with E-state index >= 15 is 0 Å². The Morgan fingerprint density at radius 2 is 1.86 bits per heavy atom. The van der Waals surface area contributed by atoms with E-state index in [1.807, 2.05) is 0 Å². The third-order valence-corrected chi connectivity index (χ3v) is 3.21. The number of hydrogen-bond donors (Lipinski definition) is 4. The standard InChI is InChI=1S/C14H18N4O3/c15-8-3-1-2-7-11(19)16-10-6-4-5-9-12(10)14(21)18-17-13(9)20/h4-6H,1-3,7-8,15H2,(H,16,19)(H,17,20)(H,18,21). The van der Waals surface area contributed by atoms with E-state index in [1.54, 1.807) is 18.2 Å². The molecule has 0 unspecified atom stereocenters. The summed E-state index contributed by atoms with van der Waals surface area (Å²) in [7, 11) is 0. The maximum absolute atomic E-state index is 11.9. The number of nitrogens with two attached hydrogens (primary N) is 1. The molecule has 0 saturated carbocycles. The van der Waals surface area contributed by atoms with Crippen LogP contribution in [0.15, 0.2) is 27.8 Å². The predicted octanol–water partition coefficient (Wildman–Crippen LogP) is 0.674. The lowest BCUT2D eigenvalue weighted by molar-refractivity contribution is -0.116. The van der Waals surface area contributed by atoms with Crippen LogP contribution in [-0.4, -0.2) is 22.6 Å². The number of fused-ring (bicyclic) bond motifs is 1. The molecule has 0 fully saturated rings. The van der Waals surface area contributed by atoms with Crippen LogP contribution in [0, 0.1) is 0 Å². The average molecular weight is 290 g/mol. The van der Waals surface area contributed by atoms with Crippen molar-refractivity contribution in [2.24, 2.45) is 5.73 Å². The van der Waals surface area contributed by atoms with Gasteiger partial charge in [-0.1, -0.05) is 12.5 Å². The largest absolute Gasteiger partial charge is 0.330 e. The minimum absolute atomic E-state index is 0.181. The van der Waals surface area contributed by atoms with E-state index in [-0.39, 0.29) is 16.7 Å². The van der Waals surface area contributed by atoms with Gasteiger partial charge in [0.2, 0.25) is 5.91 Å². The lowest BCUT2D eigenvalue weighted by atomic mass is 10.1. The molecule has 21 heavy (non-hydrogen) atoms. The second-order valence-electron chi connectivity index (χ2n) is 4.78. The summed E-state index contributed by atoms with van der Waals surface area (Å²) in [5.41, 5.74) is 4.90. The number of carbonyl (C=O) groups is 1. The third-order valence-electron chi connectivity index (χ3n) is 3.21. The molecule has 5 N–H and O–H groups in total. The van der Waals surface area contributed by atoms with Gasteiger partial charge in [-0.25, -0.2) is 0 Å².